The van der Waals surface area contributed by atoms with Crippen molar-refractivity contribution in [2.75, 3.05) is 25.0 Å². The summed E-state index contributed by atoms with van der Waals surface area (Å²) in [6, 6.07) is 2.99. The van der Waals surface area contributed by atoms with E-state index in [1.54, 1.807) is 17.7 Å². The number of hydrogen-bond donors (Lipinski definition) is 1. The number of anilines is 1. The molecule has 1 N–H and O–H groups in total. The predicted molar refractivity (Wildman–Crippen MR) is 108 cm³/mol. The van der Waals surface area contributed by atoms with Crippen molar-refractivity contribution in [3.63, 3.8) is 0 Å². The molecular weight excluding hydrogens is 374 g/mol. The normalized spacial score (nSPS) is 27.3. The molecule has 2 heterocycles. The molecular formula is C22H24F2N4O. The Hall–Kier alpha value is -2.46. The van der Waals surface area contributed by atoms with E-state index in [-0.39, 0.29) is 27.6 Å². The van der Waals surface area contributed by atoms with Crippen LogP contribution in [0, 0.1) is 30.0 Å². The van der Waals surface area contributed by atoms with E-state index in [0.29, 0.717) is 36.5 Å². The number of aryl methyl sites for hydroxylation is 1. The first-order valence-corrected chi connectivity index (χ1v) is 10.3. The van der Waals surface area contributed by atoms with Crippen LogP contribution >= 0.6 is 0 Å². The lowest BCUT2D eigenvalue weighted by Crippen LogP contribution is -2.37. The summed E-state index contributed by atoms with van der Waals surface area (Å²) in [4.78, 5) is 14.6. The van der Waals surface area contributed by atoms with Crippen LogP contribution in [0.2, 0.25) is 0 Å². The second-order valence-electron chi connectivity index (χ2n) is 8.80. The van der Waals surface area contributed by atoms with E-state index in [2.05, 4.69) is 11.4 Å². The van der Waals surface area contributed by atoms with Crippen LogP contribution in [0.3, 0.4) is 0 Å². The molecule has 5 rings (SSSR count). The first-order valence-electron chi connectivity index (χ1n) is 10.3. The summed E-state index contributed by atoms with van der Waals surface area (Å²) in [6.07, 6.45) is 4.13. The first-order chi connectivity index (χ1) is 13.9. The number of pyridine rings is 1. The number of aromatic nitrogens is 1. The summed E-state index contributed by atoms with van der Waals surface area (Å²) in [6.45, 7) is 2.98. The quantitative estimate of drug-likeness (QED) is 0.859. The van der Waals surface area contributed by atoms with Gasteiger partial charge in [0.15, 0.2) is 5.43 Å². The van der Waals surface area contributed by atoms with E-state index in [1.807, 2.05) is 11.9 Å². The van der Waals surface area contributed by atoms with Crippen LogP contribution in [0.4, 0.5) is 14.5 Å². The lowest BCUT2D eigenvalue weighted by molar-refractivity contribution is 0.381. The second kappa shape index (κ2) is 6.27. The second-order valence-corrected chi connectivity index (χ2v) is 8.80. The van der Waals surface area contributed by atoms with Crippen molar-refractivity contribution in [2.45, 2.75) is 50.4 Å². The monoisotopic (exact) mass is 398 g/mol. The minimum absolute atomic E-state index is 0.129. The Labute approximate surface area is 167 Å². The molecule has 29 heavy (non-hydrogen) atoms. The van der Waals surface area contributed by atoms with Gasteiger partial charge in [0.05, 0.1) is 22.6 Å². The van der Waals surface area contributed by atoms with Gasteiger partial charge < -0.3 is 14.8 Å². The van der Waals surface area contributed by atoms with Crippen LogP contribution in [0.1, 0.15) is 42.9 Å². The molecule has 3 aliphatic rings. The maximum atomic E-state index is 15.2. The molecule has 0 spiro atoms. The van der Waals surface area contributed by atoms with Gasteiger partial charge in [0, 0.05) is 36.8 Å². The number of alkyl halides is 1. The van der Waals surface area contributed by atoms with Crippen LogP contribution < -0.4 is 15.6 Å². The van der Waals surface area contributed by atoms with E-state index in [1.165, 1.54) is 6.07 Å². The summed E-state index contributed by atoms with van der Waals surface area (Å²) in [5.41, 5.74) is 1.01. The number of nitrogens with one attached hydrogen (secondary N) is 1. The van der Waals surface area contributed by atoms with Gasteiger partial charge in [-0.2, -0.15) is 5.26 Å². The average Bonchev–Trinajstić information content (AvgIpc) is 3.61. The zero-order valence-corrected chi connectivity index (χ0v) is 16.6. The fourth-order valence-corrected chi connectivity index (χ4v) is 5.14. The van der Waals surface area contributed by atoms with Crippen molar-refractivity contribution in [1.82, 2.24) is 9.88 Å². The van der Waals surface area contributed by atoms with Gasteiger partial charge >= 0.3 is 0 Å². The molecule has 2 aliphatic carbocycles. The van der Waals surface area contributed by atoms with Gasteiger partial charge in [-0.1, -0.05) is 0 Å². The number of halogens is 2. The fraction of sp³-hybridized carbons (Fsp3) is 0.545. The largest absolute Gasteiger partial charge is 0.368 e. The van der Waals surface area contributed by atoms with Gasteiger partial charge in [-0.15, -0.1) is 0 Å². The third-order valence-electron chi connectivity index (χ3n) is 7.14. The van der Waals surface area contributed by atoms with Crippen molar-refractivity contribution in [1.29, 1.82) is 5.26 Å². The highest BCUT2D eigenvalue weighted by Gasteiger charge is 2.50. The average molecular weight is 398 g/mol. The third kappa shape index (κ3) is 2.69. The highest BCUT2D eigenvalue weighted by molar-refractivity contribution is 5.91. The molecule has 1 aromatic carbocycles. The van der Waals surface area contributed by atoms with Gasteiger partial charge in [-0.3, -0.25) is 4.79 Å². The molecule has 7 heteroatoms. The Bertz CT molecular complexity index is 1110. The van der Waals surface area contributed by atoms with Gasteiger partial charge in [0.25, 0.3) is 0 Å². The molecule has 0 unspecified atom stereocenters. The topological polar surface area (TPSA) is 61.1 Å². The van der Waals surface area contributed by atoms with E-state index in [4.69, 9.17) is 0 Å². The molecule has 5 nitrogen and oxygen atoms in total. The molecule has 3 atom stereocenters. The predicted octanol–water partition coefficient (Wildman–Crippen LogP) is 3.18. The van der Waals surface area contributed by atoms with Gasteiger partial charge in [0.1, 0.15) is 23.6 Å². The molecule has 1 aliphatic heterocycles. The van der Waals surface area contributed by atoms with Crippen molar-refractivity contribution in [2.24, 2.45) is 5.92 Å². The molecule has 152 valence electrons. The SMILES string of the molecule is CNC1([C@@H]2CCN(c3c(F)cc4c(=O)c(C)cn([C@@H]5C[C@@H]5F)c4c3C#N)C2)CC1. The van der Waals surface area contributed by atoms with Crippen molar-refractivity contribution in [3.8, 4) is 6.07 Å². The minimum atomic E-state index is -0.998. The highest BCUT2D eigenvalue weighted by Crippen LogP contribution is 2.48. The van der Waals surface area contributed by atoms with E-state index in [9.17, 15) is 14.4 Å². The lowest BCUT2D eigenvalue weighted by Gasteiger charge is -2.25. The number of nitrogens with zero attached hydrogens (tertiary/aromatic N) is 3. The molecule has 2 saturated carbocycles. The maximum Gasteiger partial charge on any atom is 0.192 e. The van der Waals surface area contributed by atoms with Crippen molar-refractivity contribution >= 4 is 16.6 Å². The number of nitriles is 1. The molecule has 3 fully saturated rings. The summed E-state index contributed by atoms with van der Waals surface area (Å²) in [7, 11) is 1.97. The van der Waals surface area contributed by atoms with Crippen LogP contribution in [0.15, 0.2) is 17.1 Å². The summed E-state index contributed by atoms with van der Waals surface area (Å²) < 4.78 is 30.8. The number of rotatable bonds is 4. The molecule has 2 aromatic rings. The lowest BCUT2D eigenvalue weighted by atomic mass is 9.96. The molecule has 1 saturated heterocycles. The summed E-state index contributed by atoms with van der Waals surface area (Å²) in [5.74, 6) is -0.154. The zero-order chi connectivity index (χ0) is 20.5. The van der Waals surface area contributed by atoms with Gasteiger partial charge in [-0.05, 0) is 45.2 Å². The van der Waals surface area contributed by atoms with E-state index < -0.39 is 18.0 Å². The van der Waals surface area contributed by atoms with Crippen molar-refractivity contribution < 1.29 is 8.78 Å². The molecule has 0 bridgehead atoms. The van der Waals surface area contributed by atoms with Gasteiger partial charge in [0.2, 0.25) is 0 Å². The Kier molecular flexibility index (Phi) is 4.01. The summed E-state index contributed by atoms with van der Waals surface area (Å²) >= 11 is 0. The van der Waals surface area contributed by atoms with Crippen molar-refractivity contribution in [3.05, 3.63) is 39.4 Å². The number of hydrogen-bond acceptors (Lipinski definition) is 4. The molecule has 0 amide bonds. The van der Waals surface area contributed by atoms with Crippen LogP contribution in [-0.2, 0) is 0 Å². The molecule has 1 aromatic heterocycles. The number of benzene rings is 1. The fourth-order valence-electron chi connectivity index (χ4n) is 5.14. The Morgan fingerprint density at radius 2 is 2.10 bits per heavy atom. The highest BCUT2D eigenvalue weighted by atomic mass is 19.1. The smallest absolute Gasteiger partial charge is 0.192 e. The Balaban J connectivity index is 1.67. The molecule has 0 radical (unpaired) electrons. The van der Waals surface area contributed by atoms with Crippen LogP contribution in [0.5, 0.6) is 0 Å². The van der Waals surface area contributed by atoms with Crippen LogP contribution in [-0.4, -0.2) is 36.4 Å². The van der Waals surface area contributed by atoms with Crippen LogP contribution in [0.25, 0.3) is 10.9 Å². The van der Waals surface area contributed by atoms with E-state index in [0.717, 1.165) is 19.3 Å². The van der Waals surface area contributed by atoms with Gasteiger partial charge in [-0.25, -0.2) is 8.78 Å². The third-order valence-corrected chi connectivity index (χ3v) is 7.14. The number of fused-ring (bicyclic) bond motifs is 1. The maximum absolute atomic E-state index is 15.2. The first kappa shape index (κ1) is 18.6. The standard InChI is InChI=1S/C22H24F2N4O/c1-12-10-28(18-8-16(18)23)19-14(21(12)29)7-17(24)20(15(19)9-25)27-6-3-13(11-27)22(26-2)4-5-22/h7,10,13,16,18,26H,3-6,8,11H2,1-2H3/t13-,16+,18-/m1/s1. The summed E-state index contributed by atoms with van der Waals surface area (Å²) in [5, 5.41) is 13.5. The zero-order valence-electron chi connectivity index (χ0n) is 16.6. The Morgan fingerprint density at radius 3 is 2.69 bits per heavy atom. The minimum Gasteiger partial charge on any atom is -0.368 e. The van der Waals surface area contributed by atoms with E-state index >= 15 is 4.39 Å². The Morgan fingerprint density at radius 1 is 1.38 bits per heavy atom.